The first kappa shape index (κ1) is 17.6. The summed E-state index contributed by atoms with van der Waals surface area (Å²) in [5, 5.41) is 32.8. The predicted octanol–water partition coefficient (Wildman–Crippen LogP) is 4.34. The molecule has 9 nitrogen and oxygen atoms in total. The third-order valence-corrected chi connectivity index (χ3v) is 4.30. The van der Waals surface area contributed by atoms with Crippen LogP contribution >= 0.6 is 0 Å². The highest BCUT2D eigenvalue weighted by Crippen LogP contribution is 2.35. The van der Waals surface area contributed by atoms with Gasteiger partial charge in [0.25, 0.3) is 0 Å². The zero-order chi connectivity index (χ0) is 19.9. The van der Waals surface area contributed by atoms with Crippen LogP contribution in [0.25, 0.3) is 16.9 Å². The molecule has 2 N–H and O–H groups in total. The highest BCUT2D eigenvalue weighted by Gasteiger charge is 2.24. The third kappa shape index (κ3) is 2.95. The summed E-state index contributed by atoms with van der Waals surface area (Å²) >= 11 is 0. The zero-order valence-corrected chi connectivity index (χ0v) is 16.0. The van der Waals surface area contributed by atoms with Gasteiger partial charge in [-0.3, -0.25) is 10.2 Å². The molecule has 9 heteroatoms. The SMILES string of the molecule is Cc1nc2c(N=Nc3n[nH]c(C(C)(C)C)c3C#N)c(-c3ccccc3)[nH]n2n1. The van der Waals surface area contributed by atoms with E-state index in [4.69, 9.17) is 0 Å². The van der Waals surface area contributed by atoms with E-state index in [1.54, 1.807) is 11.6 Å². The Morgan fingerprint density at radius 3 is 2.57 bits per heavy atom. The summed E-state index contributed by atoms with van der Waals surface area (Å²) in [5.41, 5.74) is 3.63. The lowest BCUT2D eigenvalue weighted by Gasteiger charge is -2.15. The molecule has 0 unspecified atom stereocenters. The molecule has 0 aliphatic heterocycles. The second-order valence-corrected chi connectivity index (χ2v) is 7.45. The van der Waals surface area contributed by atoms with E-state index in [9.17, 15) is 5.26 Å². The van der Waals surface area contributed by atoms with Gasteiger partial charge in [0.15, 0.2) is 5.69 Å². The van der Waals surface area contributed by atoms with E-state index in [2.05, 4.69) is 41.7 Å². The van der Waals surface area contributed by atoms with Crippen LogP contribution < -0.4 is 0 Å². The number of rotatable bonds is 3. The number of nitriles is 1. The van der Waals surface area contributed by atoms with Gasteiger partial charge in [0.1, 0.15) is 17.5 Å². The minimum atomic E-state index is -0.257. The summed E-state index contributed by atoms with van der Waals surface area (Å²) in [7, 11) is 0. The predicted molar refractivity (Wildman–Crippen MR) is 104 cm³/mol. The Kier molecular flexibility index (Phi) is 4.04. The van der Waals surface area contributed by atoms with E-state index < -0.39 is 0 Å². The van der Waals surface area contributed by atoms with Gasteiger partial charge < -0.3 is 0 Å². The number of nitrogens with zero attached hydrogens (tertiary/aromatic N) is 7. The van der Waals surface area contributed by atoms with Gasteiger partial charge in [0.2, 0.25) is 11.5 Å². The molecule has 4 aromatic rings. The lowest BCUT2D eigenvalue weighted by atomic mass is 9.90. The maximum atomic E-state index is 9.57. The van der Waals surface area contributed by atoms with E-state index in [0.29, 0.717) is 22.7 Å². The van der Waals surface area contributed by atoms with Crippen molar-refractivity contribution in [3.8, 4) is 17.3 Å². The number of nitrogens with one attached hydrogen (secondary N) is 2. The Balaban J connectivity index is 1.84. The second kappa shape index (κ2) is 6.42. The number of fused-ring (bicyclic) bond motifs is 1. The summed E-state index contributed by atoms with van der Waals surface area (Å²) in [6.45, 7) is 7.82. The highest BCUT2D eigenvalue weighted by atomic mass is 15.5. The summed E-state index contributed by atoms with van der Waals surface area (Å²) < 4.78 is 1.57. The first-order valence-corrected chi connectivity index (χ1v) is 8.80. The maximum Gasteiger partial charge on any atom is 0.213 e. The fraction of sp³-hybridized carbons (Fsp3) is 0.263. The number of benzene rings is 1. The van der Waals surface area contributed by atoms with Crippen LogP contribution in [0.5, 0.6) is 0 Å². The van der Waals surface area contributed by atoms with Crippen molar-refractivity contribution in [3.63, 3.8) is 0 Å². The van der Waals surface area contributed by atoms with Crippen LogP contribution in [0.4, 0.5) is 11.5 Å². The fourth-order valence-corrected chi connectivity index (χ4v) is 2.97. The molecule has 0 aliphatic rings. The van der Waals surface area contributed by atoms with E-state index >= 15 is 0 Å². The molecule has 0 spiro atoms. The topological polar surface area (TPSA) is 123 Å². The zero-order valence-electron chi connectivity index (χ0n) is 16.0. The van der Waals surface area contributed by atoms with Gasteiger partial charge >= 0.3 is 0 Å². The molecule has 0 saturated carbocycles. The molecule has 0 radical (unpaired) electrons. The van der Waals surface area contributed by atoms with Crippen LogP contribution in [0.3, 0.4) is 0 Å². The van der Waals surface area contributed by atoms with Gasteiger partial charge in [-0.2, -0.15) is 15.0 Å². The summed E-state index contributed by atoms with van der Waals surface area (Å²) in [6, 6.07) is 11.9. The Morgan fingerprint density at radius 1 is 1.14 bits per heavy atom. The molecule has 0 saturated heterocycles. The number of aromatic amines is 2. The number of hydrogen-bond acceptors (Lipinski definition) is 6. The van der Waals surface area contributed by atoms with Crippen molar-refractivity contribution in [2.45, 2.75) is 33.1 Å². The quantitative estimate of drug-likeness (QED) is 0.518. The van der Waals surface area contributed by atoms with Gasteiger partial charge in [-0.15, -0.1) is 15.3 Å². The maximum absolute atomic E-state index is 9.57. The van der Waals surface area contributed by atoms with E-state index in [1.165, 1.54) is 0 Å². The lowest BCUT2D eigenvalue weighted by Crippen LogP contribution is -2.13. The molecular formula is C19H19N9. The average Bonchev–Trinajstić information content (AvgIpc) is 3.32. The molecule has 3 heterocycles. The van der Waals surface area contributed by atoms with Crippen molar-refractivity contribution < 1.29 is 0 Å². The van der Waals surface area contributed by atoms with E-state index in [-0.39, 0.29) is 11.2 Å². The van der Waals surface area contributed by atoms with Crippen molar-refractivity contribution in [2.75, 3.05) is 0 Å². The first-order chi connectivity index (χ1) is 13.4. The van der Waals surface area contributed by atoms with Gasteiger partial charge in [-0.05, 0) is 6.92 Å². The molecule has 28 heavy (non-hydrogen) atoms. The van der Waals surface area contributed by atoms with Crippen LogP contribution in [-0.2, 0) is 5.41 Å². The number of hydrogen-bond donors (Lipinski definition) is 2. The molecular weight excluding hydrogens is 354 g/mol. The molecule has 0 fully saturated rings. The Labute approximate surface area is 161 Å². The third-order valence-electron chi connectivity index (χ3n) is 4.30. The second-order valence-electron chi connectivity index (χ2n) is 7.45. The number of H-pyrrole nitrogens is 2. The van der Waals surface area contributed by atoms with Crippen LogP contribution in [0, 0.1) is 18.3 Å². The molecule has 0 amide bonds. The lowest BCUT2D eigenvalue weighted by molar-refractivity contribution is 0.565. The van der Waals surface area contributed by atoms with Crippen molar-refractivity contribution >= 4 is 17.2 Å². The summed E-state index contributed by atoms with van der Waals surface area (Å²) in [5.74, 6) is 0.872. The minimum absolute atomic E-state index is 0.252. The standard InChI is InChI=1S/C19H19N9/c1-11-21-18-15(14(27-28(18)26-11)12-8-6-5-7-9-12)22-24-17-13(10-20)16(23-25-17)19(2,3)4/h5-9,27H,1-4H3,(H,23,25). The van der Waals surface area contributed by atoms with Crippen molar-refractivity contribution in [3.05, 3.63) is 47.4 Å². The highest BCUT2D eigenvalue weighted by molar-refractivity contribution is 5.82. The first-order valence-electron chi connectivity index (χ1n) is 8.80. The monoisotopic (exact) mass is 373 g/mol. The number of aryl methyl sites for hydroxylation is 1. The Hall–Kier alpha value is -3.80. The van der Waals surface area contributed by atoms with Gasteiger partial charge in [0, 0.05) is 11.0 Å². The molecule has 140 valence electrons. The van der Waals surface area contributed by atoms with E-state index in [0.717, 1.165) is 17.0 Å². The van der Waals surface area contributed by atoms with Crippen molar-refractivity contribution in [1.82, 2.24) is 30.0 Å². The smallest absolute Gasteiger partial charge is 0.213 e. The Morgan fingerprint density at radius 2 is 1.89 bits per heavy atom. The number of azo groups is 1. The molecule has 1 aromatic carbocycles. The largest absolute Gasteiger partial charge is 0.278 e. The average molecular weight is 373 g/mol. The molecule has 0 aliphatic carbocycles. The fourth-order valence-electron chi connectivity index (χ4n) is 2.97. The van der Waals surface area contributed by atoms with Crippen LogP contribution in [0.1, 0.15) is 37.9 Å². The minimum Gasteiger partial charge on any atom is -0.278 e. The number of aromatic nitrogens is 6. The molecule has 0 atom stereocenters. The molecule has 4 rings (SSSR count). The molecule has 0 bridgehead atoms. The van der Waals surface area contributed by atoms with Crippen molar-refractivity contribution in [2.24, 2.45) is 10.2 Å². The summed E-state index contributed by atoms with van der Waals surface area (Å²) in [6.07, 6.45) is 0. The summed E-state index contributed by atoms with van der Waals surface area (Å²) in [4.78, 5) is 4.43. The van der Waals surface area contributed by atoms with Gasteiger partial charge in [-0.25, -0.2) is 4.98 Å². The van der Waals surface area contributed by atoms with Crippen molar-refractivity contribution in [1.29, 1.82) is 5.26 Å². The van der Waals surface area contributed by atoms with Crippen LogP contribution in [-0.4, -0.2) is 30.0 Å². The van der Waals surface area contributed by atoms with Crippen LogP contribution in [0.15, 0.2) is 40.6 Å². The van der Waals surface area contributed by atoms with E-state index in [1.807, 2.05) is 51.1 Å². The normalized spacial score (nSPS) is 12.1. The van der Waals surface area contributed by atoms with Gasteiger partial charge in [0.05, 0.1) is 11.4 Å². The Bertz CT molecular complexity index is 1210. The molecule has 3 aromatic heterocycles. The van der Waals surface area contributed by atoms with Crippen LogP contribution in [0.2, 0.25) is 0 Å². The van der Waals surface area contributed by atoms with Gasteiger partial charge in [-0.1, -0.05) is 51.1 Å².